The third-order valence-electron chi connectivity index (χ3n) is 3.85. The van der Waals surface area contributed by atoms with Gasteiger partial charge in [-0.15, -0.1) is 0 Å². The van der Waals surface area contributed by atoms with E-state index >= 15 is 0 Å². The van der Waals surface area contributed by atoms with Crippen LogP contribution in [0.4, 0.5) is 14.5 Å². The van der Waals surface area contributed by atoms with E-state index in [1.165, 1.54) is 29.3 Å². The number of hydrogen-bond donors (Lipinski definition) is 2. The van der Waals surface area contributed by atoms with E-state index in [1.807, 2.05) is 13.0 Å². The number of halogens is 2. The summed E-state index contributed by atoms with van der Waals surface area (Å²) in [6, 6.07) is 9.87. The third-order valence-corrected chi connectivity index (χ3v) is 4.07. The van der Waals surface area contributed by atoms with Crippen molar-refractivity contribution in [1.82, 2.24) is 5.32 Å². The average Bonchev–Trinajstić information content (AvgIpc) is 2.51. The van der Waals surface area contributed by atoms with Crippen LogP contribution in [-0.2, 0) is 0 Å². The Balaban J connectivity index is 2.12. The van der Waals surface area contributed by atoms with E-state index in [-0.39, 0.29) is 16.8 Å². The first-order valence-corrected chi connectivity index (χ1v) is 7.92. The maximum absolute atomic E-state index is 13.7. The lowest BCUT2D eigenvalue weighted by Crippen LogP contribution is -2.32. The van der Waals surface area contributed by atoms with Crippen molar-refractivity contribution in [3.8, 4) is 0 Å². The standard InChI is InChI=1S/C18H20F2N2S/c1-4-16(13-9-8-11(2)12(3)10-13)21-18(23)22-17-14(19)6-5-7-15(17)20/h5-10,16H,4H2,1-3H3,(H2,21,22,23)/t16-/m0/s1. The van der Waals surface area contributed by atoms with Gasteiger partial charge in [-0.05, 0) is 61.3 Å². The van der Waals surface area contributed by atoms with Crippen LogP contribution < -0.4 is 10.6 Å². The lowest BCUT2D eigenvalue weighted by atomic mass is 9.99. The molecule has 0 unspecified atom stereocenters. The van der Waals surface area contributed by atoms with Crippen molar-refractivity contribution in [1.29, 1.82) is 0 Å². The minimum Gasteiger partial charge on any atom is -0.356 e. The molecule has 0 aliphatic carbocycles. The second-order valence-electron chi connectivity index (χ2n) is 5.50. The minimum atomic E-state index is -0.673. The van der Waals surface area contributed by atoms with Gasteiger partial charge in [-0.3, -0.25) is 0 Å². The van der Waals surface area contributed by atoms with E-state index in [2.05, 4.69) is 36.6 Å². The molecule has 0 radical (unpaired) electrons. The van der Waals surface area contributed by atoms with Gasteiger partial charge in [0.05, 0.1) is 6.04 Å². The molecule has 0 aromatic heterocycles. The molecule has 0 bridgehead atoms. The molecule has 0 fully saturated rings. The average molecular weight is 334 g/mol. The van der Waals surface area contributed by atoms with Gasteiger partial charge in [0.25, 0.3) is 0 Å². The molecule has 0 saturated heterocycles. The number of rotatable bonds is 4. The Hall–Kier alpha value is -2.01. The Morgan fingerprint density at radius 2 is 1.74 bits per heavy atom. The molecular formula is C18H20F2N2S. The van der Waals surface area contributed by atoms with E-state index in [0.717, 1.165) is 12.0 Å². The Bertz CT molecular complexity index is 696. The van der Waals surface area contributed by atoms with Crippen LogP contribution >= 0.6 is 12.2 Å². The van der Waals surface area contributed by atoms with Gasteiger partial charge in [0.2, 0.25) is 0 Å². The molecule has 0 heterocycles. The molecule has 0 spiro atoms. The number of aryl methyl sites for hydroxylation is 2. The topological polar surface area (TPSA) is 24.1 Å². The van der Waals surface area contributed by atoms with Crippen molar-refractivity contribution in [2.45, 2.75) is 33.2 Å². The monoisotopic (exact) mass is 334 g/mol. The van der Waals surface area contributed by atoms with E-state index in [4.69, 9.17) is 12.2 Å². The van der Waals surface area contributed by atoms with Gasteiger partial charge < -0.3 is 10.6 Å². The number of para-hydroxylation sites is 1. The Labute approximate surface area is 140 Å². The highest BCUT2D eigenvalue weighted by molar-refractivity contribution is 7.80. The zero-order valence-corrected chi connectivity index (χ0v) is 14.2. The first kappa shape index (κ1) is 17.3. The molecule has 0 aliphatic rings. The smallest absolute Gasteiger partial charge is 0.171 e. The van der Waals surface area contributed by atoms with Crippen molar-refractivity contribution in [2.75, 3.05) is 5.32 Å². The number of thiocarbonyl (C=S) groups is 1. The van der Waals surface area contributed by atoms with Crippen LogP contribution in [0.2, 0.25) is 0 Å². The van der Waals surface area contributed by atoms with Crippen LogP contribution in [0.3, 0.4) is 0 Å². The first-order valence-electron chi connectivity index (χ1n) is 7.51. The predicted octanol–water partition coefficient (Wildman–Crippen LogP) is 5.02. The largest absolute Gasteiger partial charge is 0.356 e. The molecule has 2 N–H and O–H groups in total. The van der Waals surface area contributed by atoms with Gasteiger partial charge >= 0.3 is 0 Å². The van der Waals surface area contributed by atoms with Crippen LogP contribution in [0.1, 0.15) is 36.1 Å². The molecule has 5 heteroatoms. The molecule has 122 valence electrons. The van der Waals surface area contributed by atoms with E-state index in [0.29, 0.717) is 0 Å². The number of hydrogen-bond acceptors (Lipinski definition) is 1. The summed E-state index contributed by atoms with van der Waals surface area (Å²) < 4.78 is 27.3. The van der Waals surface area contributed by atoms with Crippen LogP contribution in [0.15, 0.2) is 36.4 Å². The summed E-state index contributed by atoms with van der Waals surface area (Å²) in [4.78, 5) is 0. The van der Waals surface area contributed by atoms with Crippen molar-refractivity contribution >= 4 is 23.0 Å². The van der Waals surface area contributed by atoms with Crippen molar-refractivity contribution in [3.63, 3.8) is 0 Å². The summed E-state index contributed by atoms with van der Waals surface area (Å²) in [7, 11) is 0. The van der Waals surface area contributed by atoms with Crippen LogP contribution in [0.5, 0.6) is 0 Å². The lowest BCUT2D eigenvalue weighted by Gasteiger charge is -2.21. The van der Waals surface area contributed by atoms with Crippen LogP contribution in [0, 0.1) is 25.5 Å². The first-order chi connectivity index (χ1) is 10.9. The molecule has 0 saturated carbocycles. The SMILES string of the molecule is CC[C@H](NC(=S)Nc1c(F)cccc1F)c1ccc(C)c(C)c1. The molecule has 2 nitrogen and oxygen atoms in total. The summed E-state index contributed by atoms with van der Waals surface area (Å²) in [5, 5.41) is 5.92. The highest BCUT2D eigenvalue weighted by atomic mass is 32.1. The molecule has 2 rings (SSSR count). The summed E-state index contributed by atoms with van der Waals surface area (Å²) in [6.07, 6.45) is 0.796. The zero-order valence-electron chi connectivity index (χ0n) is 13.4. The fourth-order valence-corrected chi connectivity index (χ4v) is 2.57. The maximum atomic E-state index is 13.7. The lowest BCUT2D eigenvalue weighted by molar-refractivity contribution is 0.589. The quantitative estimate of drug-likeness (QED) is 0.768. The molecule has 2 aromatic carbocycles. The van der Waals surface area contributed by atoms with Gasteiger partial charge in [-0.1, -0.05) is 31.2 Å². The summed E-state index contributed by atoms with van der Waals surface area (Å²) in [6.45, 7) is 6.14. The number of anilines is 1. The Morgan fingerprint density at radius 3 is 2.30 bits per heavy atom. The third kappa shape index (κ3) is 4.26. The highest BCUT2D eigenvalue weighted by Crippen LogP contribution is 2.21. The fourth-order valence-electron chi connectivity index (χ4n) is 2.33. The second kappa shape index (κ2) is 7.51. The van der Waals surface area contributed by atoms with Crippen molar-refractivity contribution in [2.24, 2.45) is 0 Å². The summed E-state index contributed by atoms with van der Waals surface area (Å²) in [5.74, 6) is -1.35. The van der Waals surface area contributed by atoms with Crippen LogP contribution in [-0.4, -0.2) is 5.11 Å². The number of benzene rings is 2. The molecule has 0 aliphatic heterocycles. The summed E-state index contributed by atoms with van der Waals surface area (Å²) in [5.41, 5.74) is 3.27. The Kier molecular flexibility index (Phi) is 5.66. The molecular weight excluding hydrogens is 314 g/mol. The highest BCUT2D eigenvalue weighted by Gasteiger charge is 2.14. The molecule has 23 heavy (non-hydrogen) atoms. The Morgan fingerprint density at radius 1 is 1.09 bits per heavy atom. The fraction of sp³-hybridized carbons (Fsp3) is 0.278. The van der Waals surface area contributed by atoms with Gasteiger partial charge in [-0.2, -0.15) is 0 Å². The van der Waals surface area contributed by atoms with E-state index in [9.17, 15) is 8.78 Å². The molecule has 1 atom stereocenters. The van der Waals surface area contributed by atoms with Gasteiger partial charge in [0, 0.05) is 0 Å². The van der Waals surface area contributed by atoms with Crippen molar-refractivity contribution < 1.29 is 8.78 Å². The second-order valence-corrected chi connectivity index (χ2v) is 5.91. The van der Waals surface area contributed by atoms with Crippen LogP contribution in [0.25, 0.3) is 0 Å². The number of nitrogens with one attached hydrogen (secondary N) is 2. The molecule has 2 aromatic rings. The van der Waals surface area contributed by atoms with E-state index < -0.39 is 11.6 Å². The normalized spacial score (nSPS) is 11.9. The molecule has 0 amide bonds. The zero-order chi connectivity index (χ0) is 17.0. The minimum absolute atomic E-state index is 0.0239. The van der Waals surface area contributed by atoms with E-state index in [1.54, 1.807) is 0 Å². The van der Waals surface area contributed by atoms with Gasteiger partial charge in [0.1, 0.15) is 17.3 Å². The maximum Gasteiger partial charge on any atom is 0.171 e. The summed E-state index contributed by atoms with van der Waals surface area (Å²) >= 11 is 5.20. The van der Waals surface area contributed by atoms with Crippen molar-refractivity contribution in [3.05, 3.63) is 64.7 Å². The van der Waals surface area contributed by atoms with Gasteiger partial charge in [0.15, 0.2) is 5.11 Å². The predicted molar refractivity (Wildman–Crippen MR) is 94.7 cm³/mol. The van der Waals surface area contributed by atoms with Gasteiger partial charge in [-0.25, -0.2) is 8.78 Å².